The summed E-state index contributed by atoms with van der Waals surface area (Å²) in [7, 11) is -3.69. The molecule has 0 atom stereocenters. The van der Waals surface area contributed by atoms with Gasteiger partial charge in [0.25, 0.3) is 0 Å². The van der Waals surface area contributed by atoms with E-state index in [1.54, 1.807) is 29.6 Å². The van der Waals surface area contributed by atoms with E-state index < -0.39 is 15.7 Å². The smallest absolute Gasteiger partial charge is 0.178 e. The molecular formula is C19H16FN7O2S. The zero-order valence-electron chi connectivity index (χ0n) is 16.0. The highest BCUT2D eigenvalue weighted by atomic mass is 32.2. The number of nitrogens with zero attached hydrogens (tertiary/aromatic N) is 6. The normalized spacial score (nSPS) is 14.3. The van der Waals surface area contributed by atoms with Crippen LogP contribution in [0.3, 0.4) is 0 Å². The lowest BCUT2D eigenvalue weighted by molar-refractivity contribution is 0.569. The number of rotatable bonds is 4. The first kappa shape index (κ1) is 19.6. The molecule has 0 saturated heterocycles. The Morgan fingerprint density at radius 1 is 1.33 bits per heavy atom. The Hall–Kier alpha value is -3.69. The molecule has 3 heterocycles. The molecule has 0 radical (unpaired) electrons. The van der Waals surface area contributed by atoms with E-state index in [0.29, 0.717) is 11.2 Å². The number of fused-ring (bicyclic) bond motifs is 1. The number of hydrogen-bond acceptors (Lipinski definition) is 6. The Balaban J connectivity index is 1.73. The van der Waals surface area contributed by atoms with Gasteiger partial charge >= 0.3 is 0 Å². The zero-order valence-corrected chi connectivity index (χ0v) is 16.9. The predicted molar refractivity (Wildman–Crippen MR) is 112 cm³/mol. The lowest BCUT2D eigenvalue weighted by Crippen LogP contribution is -2.25. The zero-order chi connectivity index (χ0) is 21.5. The number of halogens is 1. The van der Waals surface area contributed by atoms with Gasteiger partial charge < -0.3 is 9.88 Å². The summed E-state index contributed by atoms with van der Waals surface area (Å²) in [5, 5.41) is 4.38. The van der Waals surface area contributed by atoms with Crippen LogP contribution in [0, 0.1) is 5.82 Å². The first-order valence-electron chi connectivity index (χ1n) is 8.81. The maximum absolute atomic E-state index is 14.8. The number of aromatic nitrogens is 2. The number of aliphatic imine (C=N–C) groups is 1. The fourth-order valence-corrected chi connectivity index (χ4v) is 4.17. The minimum absolute atomic E-state index is 0.109. The molecule has 2 aromatic heterocycles. The van der Waals surface area contributed by atoms with Crippen LogP contribution in [0.15, 0.2) is 63.4 Å². The maximum Gasteiger partial charge on any atom is 0.178 e. The van der Waals surface area contributed by atoms with E-state index in [1.165, 1.54) is 18.2 Å². The third-order valence-corrected chi connectivity index (χ3v) is 5.85. The topological polar surface area (TPSA) is 127 Å². The van der Waals surface area contributed by atoms with Gasteiger partial charge in [-0.25, -0.2) is 12.8 Å². The van der Waals surface area contributed by atoms with E-state index in [4.69, 9.17) is 5.53 Å². The van der Waals surface area contributed by atoms with E-state index >= 15 is 0 Å². The molecule has 3 aromatic rings. The van der Waals surface area contributed by atoms with E-state index in [1.807, 2.05) is 6.92 Å². The molecule has 1 aliphatic rings. The highest BCUT2D eigenvalue weighted by Crippen LogP contribution is 2.31. The largest absolute Gasteiger partial charge is 0.359 e. The Kier molecular flexibility index (Phi) is 4.76. The van der Waals surface area contributed by atoms with Gasteiger partial charge in [-0.05, 0) is 41.3 Å². The molecule has 4 rings (SSSR count). The average molecular weight is 425 g/mol. The highest BCUT2D eigenvalue weighted by Gasteiger charge is 2.23. The van der Waals surface area contributed by atoms with Crippen molar-refractivity contribution in [3.05, 3.63) is 70.3 Å². The Morgan fingerprint density at radius 3 is 2.83 bits per heavy atom. The third-order valence-electron chi connectivity index (χ3n) is 4.73. The van der Waals surface area contributed by atoms with Crippen LogP contribution in [-0.4, -0.2) is 37.0 Å². The average Bonchev–Trinajstić information content (AvgIpc) is 3.12. The van der Waals surface area contributed by atoms with Crippen LogP contribution < -0.4 is 4.90 Å². The number of aromatic amines is 1. The Bertz CT molecular complexity index is 1390. The molecule has 0 aliphatic carbocycles. The van der Waals surface area contributed by atoms with Gasteiger partial charge in [-0.3, -0.25) is 9.98 Å². The molecule has 1 aromatic carbocycles. The van der Waals surface area contributed by atoms with Crippen molar-refractivity contribution in [1.82, 2.24) is 9.97 Å². The lowest BCUT2D eigenvalue weighted by Gasteiger charge is -2.25. The van der Waals surface area contributed by atoms with Crippen molar-refractivity contribution in [2.75, 3.05) is 17.8 Å². The lowest BCUT2D eigenvalue weighted by atomic mass is 10.0. The van der Waals surface area contributed by atoms with Gasteiger partial charge in [-0.2, -0.15) is 0 Å². The highest BCUT2D eigenvalue weighted by molar-refractivity contribution is 7.90. The van der Waals surface area contributed by atoms with Gasteiger partial charge in [0.05, 0.1) is 16.9 Å². The minimum atomic E-state index is -3.69. The Labute approximate surface area is 171 Å². The van der Waals surface area contributed by atoms with Gasteiger partial charge in [-0.1, -0.05) is 6.07 Å². The summed E-state index contributed by atoms with van der Waals surface area (Å²) in [6.45, 7) is 1.94. The van der Waals surface area contributed by atoms with Gasteiger partial charge in [0.15, 0.2) is 21.5 Å². The summed E-state index contributed by atoms with van der Waals surface area (Å²) in [4.78, 5) is 15.7. The van der Waals surface area contributed by atoms with Crippen LogP contribution in [0.4, 0.5) is 15.9 Å². The Morgan fingerprint density at radius 2 is 2.13 bits per heavy atom. The molecular weight excluding hydrogens is 409 g/mol. The van der Waals surface area contributed by atoms with Crippen molar-refractivity contribution < 1.29 is 12.8 Å². The number of sulfone groups is 1. The first-order valence-corrected chi connectivity index (χ1v) is 10.7. The van der Waals surface area contributed by atoms with Gasteiger partial charge in [0.2, 0.25) is 0 Å². The monoisotopic (exact) mass is 425 g/mol. The molecule has 30 heavy (non-hydrogen) atoms. The van der Waals surface area contributed by atoms with Crippen LogP contribution >= 0.6 is 0 Å². The van der Waals surface area contributed by atoms with Crippen LogP contribution in [0.25, 0.3) is 21.3 Å². The number of anilines is 1. The number of allylic oxidation sites excluding steroid dienone is 1. The van der Waals surface area contributed by atoms with E-state index in [0.717, 1.165) is 22.8 Å². The molecule has 0 bridgehead atoms. The van der Waals surface area contributed by atoms with Crippen molar-refractivity contribution in [1.29, 1.82) is 0 Å². The summed E-state index contributed by atoms with van der Waals surface area (Å²) in [5.74, 6) is -0.569. The number of hydrogen-bond donors (Lipinski definition) is 1. The first-order chi connectivity index (χ1) is 14.3. The number of benzene rings is 1. The fourth-order valence-electron chi connectivity index (χ4n) is 3.41. The molecule has 1 N–H and O–H groups in total. The molecule has 0 spiro atoms. The number of azide groups is 1. The standard InChI is InChI=1S/C19H16FN7O2S/c1-11-9-27(14-4-3-5-15(16(14)20)30(2,28)29)10-24-17(11)13-8-23-18-12(13)6-7-22-19(18)25-26-21/h3-9,23H,10H2,1-2H3. The summed E-state index contributed by atoms with van der Waals surface area (Å²) in [6, 6.07) is 6.04. The second-order valence-corrected chi connectivity index (χ2v) is 8.72. The molecule has 11 heteroatoms. The third kappa shape index (κ3) is 3.30. The van der Waals surface area contributed by atoms with Crippen molar-refractivity contribution in [2.45, 2.75) is 11.8 Å². The van der Waals surface area contributed by atoms with Gasteiger partial charge in [0.1, 0.15) is 11.6 Å². The molecule has 0 fully saturated rings. The van der Waals surface area contributed by atoms with Gasteiger partial charge in [-0.15, -0.1) is 0 Å². The summed E-state index contributed by atoms with van der Waals surface area (Å²) in [5.41, 5.74) is 11.7. The van der Waals surface area contributed by atoms with Gasteiger partial charge in [0, 0.05) is 40.7 Å². The minimum Gasteiger partial charge on any atom is -0.359 e. The van der Waals surface area contributed by atoms with E-state index in [9.17, 15) is 12.8 Å². The summed E-state index contributed by atoms with van der Waals surface area (Å²) < 4.78 is 38.5. The van der Waals surface area contributed by atoms with Crippen LogP contribution in [0.5, 0.6) is 0 Å². The summed E-state index contributed by atoms with van der Waals surface area (Å²) >= 11 is 0. The van der Waals surface area contributed by atoms with Crippen molar-refractivity contribution in [2.24, 2.45) is 10.1 Å². The second kappa shape index (κ2) is 7.29. The number of nitrogens with one attached hydrogen (secondary N) is 1. The van der Waals surface area contributed by atoms with E-state index in [-0.39, 0.29) is 23.1 Å². The molecule has 0 saturated carbocycles. The molecule has 152 valence electrons. The quantitative estimate of drug-likeness (QED) is 0.381. The molecule has 0 amide bonds. The molecule has 0 unspecified atom stereocenters. The maximum atomic E-state index is 14.8. The number of H-pyrrole nitrogens is 1. The number of pyridine rings is 1. The van der Waals surface area contributed by atoms with Crippen molar-refractivity contribution in [3.63, 3.8) is 0 Å². The second-order valence-electron chi connectivity index (χ2n) is 6.74. The SMILES string of the molecule is CC1=CN(c2cccc(S(C)(=O)=O)c2F)CN=C1c1c[nH]c2c(N=[N+]=[N-])nccc12. The fraction of sp³-hybridized carbons (Fsp3) is 0.158. The predicted octanol–water partition coefficient (Wildman–Crippen LogP) is 4.22. The van der Waals surface area contributed by atoms with E-state index in [2.05, 4.69) is 25.0 Å². The van der Waals surface area contributed by atoms with Crippen LogP contribution in [-0.2, 0) is 9.84 Å². The molecule has 1 aliphatic heterocycles. The van der Waals surface area contributed by atoms with Crippen LogP contribution in [0.1, 0.15) is 12.5 Å². The van der Waals surface area contributed by atoms with Crippen molar-refractivity contribution >= 4 is 38.0 Å². The van der Waals surface area contributed by atoms with Crippen molar-refractivity contribution in [3.8, 4) is 0 Å². The summed E-state index contributed by atoms with van der Waals surface area (Å²) in [6.07, 6.45) is 5.99. The van der Waals surface area contributed by atoms with Crippen LogP contribution in [0.2, 0.25) is 0 Å². The molecule has 9 nitrogen and oxygen atoms in total.